The van der Waals surface area contributed by atoms with Gasteiger partial charge in [0.25, 0.3) is 0 Å². The minimum Gasteiger partial charge on any atom is -0.378 e. The van der Waals surface area contributed by atoms with Crippen molar-refractivity contribution in [3.63, 3.8) is 0 Å². The Bertz CT molecular complexity index is 596. The minimum atomic E-state index is -0.0972. The lowest BCUT2D eigenvalue weighted by Gasteiger charge is -2.36. The molecule has 0 bridgehead atoms. The highest BCUT2D eigenvalue weighted by Gasteiger charge is 2.56. The lowest BCUT2D eigenvalue weighted by Crippen LogP contribution is -2.45. The highest BCUT2D eigenvalue weighted by atomic mass is 16.5. The van der Waals surface area contributed by atoms with Gasteiger partial charge in [0, 0.05) is 25.6 Å². The molecule has 1 saturated heterocycles. The molecule has 1 aromatic heterocycles. The second kappa shape index (κ2) is 5.58. The number of rotatable bonds is 4. The van der Waals surface area contributed by atoms with E-state index in [2.05, 4.69) is 15.0 Å². The number of aryl methyl sites for hydroxylation is 1. The summed E-state index contributed by atoms with van der Waals surface area (Å²) in [5.74, 6) is 2.34. The van der Waals surface area contributed by atoms with E-state index in [1.54, 1.807) is 0 Å². The normalized spacial score (nSPS) is 36.1. The predicted octanol–water partition coefficient (Wildman–Crippen LogP) is 2.07. The maximum atomic E-state index is 12.8. The van der Waals surface area contributed by atoms with Crippen molar-refractivity contribution in [1.29, 1.82) is 0 Å². The van der Waals surface area contributed by atoms with Gasteiger partial charge in [0.2, 0.25) is 11.8 Å². The molecule has 23 heavy (non-hydrogen) atoms. The topological polar surface area (TPSA) is 68.5 Å². The van der Waals surface area contributed by atoms with E-state index >= 15 is 0 Å². The van der Waals surface area contributed by atoms with Crippen LogP contribution in [0.15, 0.2) is 4.52 Å². The summed E-state index contributed by atoms with van der Waals surface area (Å²) in [5, 5.41) is 3.97. The fourth-order valence-corrected chi connectivity index (χ4v) is 4.70. The first-order chi connectivity index (χ1) is 11.1. The molecule has 1 aromatic rings. The average Bonchev–Trinajstić information content (AvgIpc) is 3.14. The average molecular weight is 319 g/mol. The first-order valence-electron chi connectivity index (χ1n) is 8.83. The summed E-state index contributed by atoms with van der Waals surface area (Å²) < 4.78 is 11.1. The number of amides is 1. The van der Waals surface area contributed by atoms with Crippen molar-refractivity contribution < 1.29 is 14.1 Å². The number of carbonyl (C=O) groups is 1. The molecule has 3 aliphatic rings. The van der Waals surface area contributed by atoms with Crippen molar-refractivity contribution in [2.75, 3.05) is 19.7 Å². The van der Waals surface area contributed by atoms with Crippen LogP contribution in [0.25, 0.3) is 0 Å². The van der Waals surface area contributed by atoms with Gasteiger partial charge < -0.3 is 14.2 Å². The minimum absolute atomic E-state index is 0.0972. The molecular weight excluding hydrogens is 294 g/mol. The van der Waals surface area contributed by atoms with Crippen molar-refractivity contribution in [3.05, 3.63) is 11.7 Å². The zero-order chi connectivity index (χ0) is 16.0. The fraction of sp³-hybridized carbons (Fsp3) is 0.824. The van der Waals surface area contributed by atoms with E-state index in [-0.39, 0.29) is 17.4 Å². The Morgan fingerprint density at radius 3 is 3.00 bits per heavy atom. The van der Waals surface area contributed by atoms with Gasteiger partial charge in [-0.25, -0.2) is 0 Å². The Kier molecular flexibility index (Phi) is 3.67. The van der Waals surface area contributed by atoms with Gasteiger partial charge in [0.1, 0.15) is 0 Å². The van der Waals surface area contributed by atoms with Crippen molar-refractivity contribution >= 4 is 5.91 Å². The van der Waals surface area contributed by atoms with Crippen molar-refractivity contribution in [2.24, 2.45) is 11.8 Å². The van der Waals surface area contributed by atoms with Gasteiger partial charge in [-0.05, 0) is 45.4 Å². The number of nitrogens with zero attached hydrogens (tertiary/aromatic N) is 3. The first-order valence-corrected chi connectivity index (χ1v) is 8.83. The van der Waals surface area contributed by atoms with Gasteiger partial charge in [0.15, 0.2) is 5.82 Å². The van der Waals surface area contributed by atoms with E-state index in [0.29, 0.717) is 17.6 Å². The smallest absolute Gasteiger partial charge is 0.234 e. The molecule has 0 spiro atoms. The van der Waals surface area contributed by atoms with E-state index in [9.17, 15) is 4.79 Å². The first kappa shape index (κ1) is 15.1. The van der Waals surface area contributed by atoms with Crippen LogP contribution in [0.2, 0.25) is 0 Å². The van der Waals surface area contributed by atoms with E-state index in [0.717, 1.165) is 51.3 Å². The quantitative estimate of drug-likeness (QED) is 0.850. The number of aromatic nitrogens is 2. The molecule has 2 aliphatic carbocycles. The summed E-state index contributed by atoms with van der Waals surface area (Å²) in [6.07, 6.45) is 5.42. The molecule has 0 unspecified atom stereocenters. The number of ether oxygens (including phenoxy) is 1. The van der Waals surface area contributed by atoms with Crippen molar-refractivity contribution in [2.45, 2.75) is 57.5 Å². The van der Waals surface area contributed by atoms with Crippen molar-refractivity contribution in [3.8, 4) is 0 Å². The van der Waals surface area contributed by atoms with Gasteiger partial charge >= 0.3 is 0 Å². The Hall–Kier alpha value is -1.43. The van der Waals surface area contributed by atoms with Crippen LogP contribution < -0.4 is 0 Å². The summed E-state index contributed by atoms with van der Waals surface area (Å²) >= 11 is 0. The van der Waals surface area contributed by atoms with Crippen LogP contribution in [0.3, 0.4) is 0 Å². The fourth-order valence-electron chi connectivity index (χ4n) is 4.70. The second-order valence-corrected chi connectivity index (χ2v) is 7.36. The van der Waals surface area contributed by atoms with Gasteiger partial charge in [0.05, 0.1) is 11.5 Å². The third-order valence-electron chi connectivity index (χ3n) is 5.98. The molecule has 4 rings (SSSR count). The van der Waals surface area contributed by atoms with E-state index < -0.39 is 0 Å². The molecule has 2 saturated carbocycles. The number of likely N-dealkylation sites (tertiary alicyclic amines) is 1. The maximum absolute atomic E-state index is 12.8. The zero-order valence-corrected chi connectivity index (χ0v) is 14.0. The van der Waals surface area contributed by atoms with Crippen molar-refractivity contribution in [1.82, 2.24) is 15.0 Å². The summed E-state index contributed by atoms with van der Waals surface area (Å²) in [6, 6.07) is 0. The van der Waals surface area contributed by atoms with E-state index in [4.69, 9.17) is 9.26 Å². The highest BCUT2D eigenvalue weighted by molar-refractivity contribution is 5.80. The molecular formula is C17H25N3O3. The molecule has 0 radical (unpaired) electrons. The van der Waals surface area contributed by atoms with Gasteiger partial charge in [-0.15, -0.1) is 0 Å². The Balaban J connectivity index is 1.46. The SMILES string of the molecule is CCOC1CC(C(=O)N2C[C@@H]3CCC[C@]3(c3nc(C)no3)C2)C1. The third kappa shape index (κ3) is 2.38. The largest absolute Gasteiger partial charge is 0.378 e. The molecule has 2 heterocycles. The molecule has 1 aliphatic heterocycles. The Morgan fingerprint density at radius 2 is 2.30 bits per heavy atom. The third-order valence-corrected chi connectivity index (χ3v) is 5.98. The van der Waals surface area contributed by atoms with Crippen LogP contribution in [0, 0.1) is 18.8 Å². The summed E-state index contributed by atoms with van der Waals surface area (Å²) in [6.45, 7) is 6.18. The van der Waals surface area contributed by atoms with Crippen LogP contribution in [0.1, 0.15) is 50.7 Å². The second-order valence-electron chi connectivity index (χ2n) is 7.36. The standard InChI is InChI=1S/C17H25N3O3/c1-3-22-14-7-12(8-14)15(21)20-9-13-5-4-6-17(13,10-20)16-18-11(2)19-23-16/h12-14H,3-10H2,1-2H3/t12?,13-,14?,17-/m0/s1. The maximum Gasteiger partial charge on any atom is 0.234 e. The number of carbonyl (C=O) groups excluding carboxylic acids is 1. The molecule has 3 fully saturated rings. The molecule has 1 amide bonds. The lowest BCUT2D eigenvalue weighted by molar-refractivity contribution is -0.143. The number of hydrogen-bond donors (Lipinski definition) is 0. The summed E-state index contributed by atoms with van der Waals surface area (Å²) in [4.78, 5) is 19.3. The van der Waals surface area contributed by atoms with Crippen LogP contribution in [0.4, 0.5) is 0 Å². The number of hydrogen-bond acceptors (Lipinski definition) is 5. The summed E-state index contributed by atoms with van der Waals surface area (Å²) in [5.41, 5.74) is -0.0972. The molecule has 2 atom stereocenters. The Labute approximate surface area is 136 Å². The van der Waals surface area contributed by atoms with Gasteiger partial charge in [-0.3, -0.25) is 4.79 Å². The molecule has 6 nitrogen and oxygen atoms in total. The van der Waals surface area contributed by atoms with Crippen LogP contribution in [-0.2, 0) is 14.9 Å². The molecule has 6 heteroatoms. The van der Waals surface area contributed by atoms with Gasteiger partial charge in [-0.1, -0.05) is 11.6 Å². The zero-order valence-electron chi connectivity index (χ0n) is 14.0. The predicted molar refractivity (Wildman–Crippen MR) is 82.8 cm³/mol. The monoisotopic (exact) mass is 319 g/mol. The molecule has 0 N–H and O–H groups in total. The van der Waals surface area contributed by atoms with Crippen LogP contribution >= 0.6 is 0 Å². The molecule has 0 aromatic carbocycles. The highest BCUT2D eigenvalue weighted by Crippen LogP contribution is 2.50. The van der Waals surface area contributed by atoms with Gasteiger partial charge in [-0.2, -0.15) is 4.98 Å². The van der Waals surface area contributed by atoms with Crippen LogP contribution in [-0.4, -0.2) is 46.7 Å². The Morgan fingerprint density at radius 1 is 1.48 bits per heavy atom. The van der Waals surface area contributed by atoms with E-state index in [1.807, 2.05) is 13.8 Å². The van der Waals surface area contributed by atoms with E-state index in [1.165, 1.54) is 6.42 Å². The van der Waals surface area contributed by atoms with Crippen LogP contribution in [0.5, 0.6) is 0 Å². The number of fused-ring (bicyclic) bond motifs is 1. The molecule has 126 valence electrons. The lowest BCUT2D eigenvalue weighted by atomic mass is 9.80. The summed E-state index contributed by atoms with van der Waals surface area (Å²) in [7, 11) is 0.